The third-order valence-corrected chi connectivity index (χ3v) is 5.55. The van der Waals surface area contributed by atoms with Crippen LogP contribution >= 0.6 is 0 Å². The number of fused-ring (bicyclic) bond motifs is 1. The van der Waals surface area contributed by atoms with Crippen LogP contribution in [0.5, 0.6) is 0 Å². The molecule has 5 rings (SSSR count). The van der Waals surface area contributed by atoms with Crippen molar-refractivity contribution in [3.8, 4) is 6.01 Å². The Labute approximate surface area is 187 Å². The molecule has 0 aliphatic heterocycles. The maximum absolute atomic E-state index is 13.0. The van der Waals surface area contributed by atoms with Gasteiger partial charge in [0, 0.05) is 19.3 Å². The Hall–Kier alpha value is -4.19. The summed E-state index contributed by atoms with van der Waals surface area (Å²) < 4.78 is 8.12. The number of nitrogens with zero attached hydrogens (tertiary/aromatic N) is 5. The summed E-state index contributed by atoms with van der Waals surface area (Å²) in [6, 6.07) is 4.85. The van der Waals surface area contributed by atoms with E-state index in [1.807, 2.05) is 0 Å². The van der Waals surface area contributed by atoms with Crippen LogP contribution in [-0.4, -0.2) is 54.4 Å². The Kier molecular flexibility index (Phi) is 5.05. The van der Waals surface area contributed by atoms with Gasteiger partial charge in [0.15, 0.2) is 5.65 Å². The predicted octanol–water partition coefficient (Wildman–Crippen LogP) is 1.22. The Balaban J connectivity index is 1.50. The number of carbonyl (C=O) groups excluding carboxylic acids is 1. The molecule has 1 aliphatic rings. The fraction of sp³-hybridized carbons (Fsp3) is 0.286. The van der Waals surface area contributed by atoms with Crippen molar-refractivity contribution in [2.75, 3.05) is 17.7 Å². The first-order chi connectivity index (χ1) is 15.9. The van der Waals surface area contributed by atoms with Gasteiger partial charge >= 0.3 is 6.01 Å². The largest absolute Gasteiger partial charge is 0.431 e. The number of hydrogen-bond acceptors (Lipinski definition) is 9. The summed E-state index contributed by atoms with van der Waals surface area (Å²) in [7, 11) is 1.71. The highest BCUT2D eigenvalue weighted by Crippen LogP contribution is 2.23. The first-order valence-electron chi connectivity index (χ1n) is 10.4. The molecule has 0 spiro atoms. The van der Waals surface area contributed by atoms with Gasteiger partial charge in [0.2, 0.25) is 0 Å². The van der Waals surface area contributed by atoms with Gasteiger partial charge in [-0.1, -0.05) is 0 Å². The van der Waals surface area contributed by atoms with E-state index in [-0.39, 0.29) is 34.8 Å². The van der Waals surface area contributed by atoms with E-state index in [2.05, 4.69) is 31.0 Å². The molecule has 1 fully saturated rings. The van der Waals surface area contributed by atoms with Gasteiger partial charge in [-0.15, -0.1) is 0 Å². The Morgan fingerprint density at radius 2 is 2.15 bits per heavy atom. The Morgan fingerprint density at radius 3 is 2.82 bits per heavy atom. The molecule has 170 valence electrons. The second kappa shape index (κ2) is 8.06. The van der Waals surface area contributed by atoms with Crippen LogP contribution in [0, 0.1) is 6.92 Å². The molecule has 4 heterocycles. The summed E-state index contributed by atoms with van der Waals surface area (Å²) in [5, 5.41) is 22.9. The van der Waals surface area contributed by atoms with Crippen molar-refractivity contribution in [2.24, 2.45) is 0 Å². The molecule has 1 saturated carbocycles. The standard InChI is InChI=1S/C21H22N8O4/c1-11-10-33-21(24-11)28-7-3-4-14(20(28)32)25-16-8-17(22-2)29-18(27-16)12(9-23-29)19(31)26-13-5-6-15(13)30/h3-4,7-10,13,15,22,30H,5-6H2,1-2H3,(H,25,27)(H,26,31)/t13?,15-/m1/s1. The van der Waals surface area contributed by atoms with E-state index in [0.717, 1.165) is 6.42 Å². The van der Waals surface area contributed by atoms with Crippen molar-refractivity contribution in [3.05, 3.63) is 58.5 Å². The summed E-state index contributed by atoms with van der Waals surface area (Å²) in [6.45, 7) is 1.77. The van der Waals surface area contributed by atoms with Crippen LogP contribution in [0.3, 0.4) is 0 Å². The maximum Gasteiger partial charge on any atom is 0.308 e. The first kappa shape index (κ1) is 20.7. The summed E-state index contributed by atoms with van der Waals surface area (Å²) >= 11 is 0. The van der Waals surface area contributed by atoms with Crippen molar-refractivity contribution in [3.63, 3.8) is 0 Å². The lowest BCUT2D eigenvalue weighted by Crippen LogP contribution is -2.50. The lowest BCUT2D eigenvalue weighted by Gasteiger charge is -2.32. The molecule has 33 heavy (non-hydrogen) atoms. The third kappa shape index (κ3) is 3.69. The van der Waals surface area contributed by atoms with Gasteiger partial charge in [-0.2, -0.15) is 14.6 Å². The quantitative estimate of drug-likeness (QED) is 0.340. The predicted molar refractivity (Wildman–Crippen MR) is 119 cm³/mol. The number of aliphatic hydroxyl groups is 1. The third-order valence-electron chi connectivity index (χ3n) is 5.55. The van der Waals surface area contributed by atoms with Gasteiger partial charge in [0.1, 0.15) is 29.1 Å². The molecule has 0 radical (unpaired) electrons. The highest BCUT2D eigenvalue weighted by atomic mass is 16.4. The lowest BCUT2D eigenvalue weighted by atomic mass is 9.89. The van der Waals surface area contributed by atoms with Crippen molar-refractivity contribution in [1.29, 1.82) is 0 Å². The Bertz CT molecular complexity index is 1410. The van der Waals surface area contributed by atoms with Crippen molar-refractivity contribution in [2.45, 2.75) is 31.9 Å². The second-order valence-electron chi connectivity index (χ2n) is 7.79. The minimum atomic E-state index is -0.540. The molecule has 0 saturated heterocycles. The van der Waals surface area contributed by atoms with Crippen LogP contribution in [0.2, 0.25) is 0 Å². The normalized spacial score (nSPS) is 17.5. The van der Waals surface area contributed by atoms with Crippen LogP contribution < -0.4 is 21.5 Å². The topological polar surface area (TPSA) is 152 Å². The minimum Gasteiger partial charge on any atom is -0.431 e. The van der Waals surface area contributed by atoms with Gasteiger partial charge in [-0.05, 0) is 31.9 Å². The van der Waals surface area contributed by atoms with Gasteiger partial charge in [0.05, 0.1) is 24.0 Å². The number of anilines is 3. The molecule has 0 aromatic carbocycles. The summed E-state index contributed by atoms with van der Waals surface area (Å²) in [5.74, 6) is 0.523. The number of aryl methyl sites for hydroxylation is 1. The number of oxazole rings is 1. The fourth-order valence-electron chi connectivity index (χ4n) is 3.59. The molecule has 2 atom stereocenters. The van der Waals surface area contributed by atoms with Gasteiger partial charge in [0.25, 0.3) is 11.5 Å². The van der Waals surface area contributed by atoms with Crippen molar-refractivity contribution < 1.29 is 14.3 Å². The molecule has 1 aliphatic carbocycles. The van der Waals surface area contributed by atoms with Crippen LogP contribution in [0.1, 0.15) is 28.9 Å². The molecular formula is C21H22N8O4. The molecule has 12 heteroatoms. The average Bonchev–Trinajstić information content (AvgIpc) is 3.43. The zero-order valence-electron chi connectivity index (χ0n) is 17.9. The number of hydrogen-bond donors (Lipinski definition) is 4. The van der Waals surface area contributed by atoms with Crippen LogP contribution in [0.15, 0.2) is 46.1 Å². The van der Waals surface area contributed by atoms with Gasteiger partial charge in [-0.25, -0.2) is 9.55 Å². The minimum absolute atomic E-state index is 0.161. The monoisotopic (exact) mass is 450 g/mol. The second-order valence-corrected chi connectivity index (χ2v) is 7.79. The highest BCUT2D eigenvalue weighted by Gasteiger charge is 2.31. The SMILES string of the molecule is CNc1cc(Nc2cccn(-c3nc(C)co3)c2=O)nc2c(C(=O)NC3CC[C@H]3O)cnn12. The number of rotatable bonds is 6. The van der Waals surface area contributed by atoms with Crippen molar-refractivity contribution >= 4 is 28.9 Å². The summed E-state index contributed by atoms with van der Waals surface area (Å²) in [6.07, 6.45) is 5.29. The van der Waals surface area contributed by atoms with E-state index in [4.69, 9.17) is 4.42 Å². The zero-order valence-corrected chi connectivity index (χ0v) is 17.9. The van der Waals surface area contributed by atoms with E-state index in [9.17, 15) is 14.7 Å². The number of nitrogens with one attached hydrogen (secondary N) is 3. The number of aromatic nitrogens is 5. The van der Waals surface area contributed by atoms with E-state index < -0.39 is 6.10 Å². The van der Waals surface area contributed by atoms with Crippen LogP contribution in [0.25, 0.3) is 11.7 Å². The molecule has 4 aromatic heterocycles. The summed E-state index contributed by atoms with van der Waals surface area (Å²) in [5.41, 5.74) is 1.08. The first-order valence-corrected chi connectivity index (χ1v) is 10.4. The maximum atomic E-state index is 13.0. The molecule has 4 aromatic rings. The van der Waals surface area contributed by atoms with E-state index in [1.165, 1.54) is 21.5 Å². The molecule has 0 bridgehead atoms. The molecular weight excluding hydrogens is 428 g/mol. The fourth-order valence-corrected chi connectivity index (χ4v) is 3.59. The summed E-state index contributed by atoms with van der Waals surface area (Å²) in [4.78, 5) is 34.4. The number of pyridine rings is 1. The smallest absolute Gasteiger partial charge is 0.308 e. The van der Waals surface area contributed by atoms with Gasteiger partial charge < -0.3 is 25.5 Å². The van der Waals surface area contributed by atoms with Crippen LogP contribution in [-0.2, 0) is 0 Å². The molecule has 4 N–H and O–H groups in total. The number of aliphatic hydroxyl groups excluding tert-OH is 1. The zero-order chi connectivity index (χ0) is 23.1. The number of carbonyl (C=O) groups is 1. The molecule has 1 unspecified atom stereocenters. The average molecular weight is 450 g/mol. The Morgan fingerprint density at radius 1 is 1.30 bits per heavy atom. The van der Waals surface area contributed by atoms with E-state index in [1.54, 1.807) is 38.4 Å². The van der Waals surface area contributed by atoms with Gasteiger partial charge in [-0.3, -0.25) is 9.59 Å². The van der Waals surface area contributed by atoms with Crippen molar-refractivity contribution in [1.82, 2.24) is 29.5 Å². The molecule has 1 amide bonds. The van der Waals surface area contributed by atoms with Crippen LogP contribution in [0.4, 0.5) is 17.3 Å². The highest BCUT2D eigenvalue weighted by molar-refractivity contribution is 6.00. The number of amides is 1. The van der Waals surface area contributed by atoms with E-state index >= 15 is 0 Å². The molecule has 12 nitrogen and oxygen atoms in total. The van der Waals surface area contributed by atoms with E-state index in [0.29, 0.717) is 29.4 Å². The lowest BCUT2D eigenvalue weighted by molar-refractivity contribution is 0.0448.